The highest BCUT2D eigenvalue weighted by Gasteiger charge is 2.13. The number of ether oxygens (including phenoxy) is 1. The molecule has 2 heterocycles. The van der Waals surface area contributed by atoms with Gasteiger partial charge in [-0.25, -0.2) is 4.98 Å². The highest BCUT2D eigenvalue weighted by molar-refractivity contribution is 5.66. The number of carboxylic acids is 1. The van der Waals surface area contributed by atoms with Gasteiger partial charge in [0.05, 0.1) is 19.4 Å². The second kappa shape index (κ2) is 10.7. The first-order valence-electron chi connectivity index (χ1n) is 11.2. The number of unbranched alkanes of at least 4 members (excludes halogenated alkanes) is 2. The number of carboxylic acid groups (broad SMARTS) is 1. The first-order chi connectivity index (χ1) is 16.1. The fraction of sp³-hybridized carbons (Fsp3) is 0.259. The quantitative estimate of drug-likeness (QED) is 0.279. The molecule has 0 aliphatic heterocycles. The van der Waals surface area contributed by atoms with E-state index >= 15 is 0 Å². The predicted octanol–water partition coefficient (Wildman–Crippen LogP) is 6.19. The number of imidazole rings is 1. The van der Waals surface area contributed by atoms with E-state index in [1.807, 2.05) is 48.7 Å². The van der Waals surface area contributed by atoms with Crippen molar-refractivity contribution in [2.45, 2.75) is 39.2 Å². The minimum absolute atomic E-state index is 0.210. The number of hydrogen-bond donors (Lipinski definition) is 1. The Morgan fingerprint density at radius 2 is 1.79 bits per heavy atom. The third kappa shape index (κ3) is 5.71. The van der Waals surface area contributed by atoms with Crippen LogP contribution in [-0.4, -0.2) is 27.2 Å². The number of para-hydroxylation sites is 1. The van der Waals surface area contributed by atoms with Gasteiger partial charge in [0.15, 0.2) is 0 Å². The molecule has 4 rings (SSSR count). The van der Waals surface area contributed by atoms with Crippen LogP contribution in [0.4, 0.5) is 0 Å². The van der Waals surface area contributed by atoms with Gasteiger partial charge in [-0.3, -0.25) is 4.79 Å². The van der Waals surface area contributed by atoms with Gasteiger partial charge >= 0.3 is 5.97 Å². The summed E-state index contributed by atoms with van der Waals surface area (Å²) in [7, 11) is 0. The highest BCUT2D eigenvalue weighted by atomic mass is 16.5. The van der Waals surface area contributed by atoms with E-state index in [-0.39, 0.29) is 6.42 Å². The topological polar surface area (TPSA) is 77.5 Å². The van der Waals surface area contributed by atoms with E-state index in [4.69, 9.17) is 14.3 Å². The molecule has 0 amide bonds. The number of carbonyl (C=O) groups is 1. The van der Waals surface area contributed by atoms with Crippen LogP contribution in [-0.2, 0) is 11.3 Å². The number of aliphatic carboxylic acids is 1. The Morgan fingerprint density at radius 3 is 2.55 bits per heavy atom. The molecule has 0 saturated heterocycles. The highest BCUT2D eigenvalue weighted by Crippen LogP contribution is 2.27. The molecular formula is C27H28N2O4. The Kier molecular flexibility index (Phi) is 7.25. The molecule has 0 fully saturated rings. The van der Waals surface area contributed by atoms with Crippen molar-refractivity contribution in [2.24, 2.45) is 0 Å². The van der Waals surface area contributed by atoms with Crippen molar-refractivity contribution < 1.29 is 19.1 Å². The van der Waals surface area contributed by atoms with Crippen LogP contribution in [0.15, 0.2) is 77.5 Å². The van der Waals surface area contributed by atoms with Crippen LogP contribution in [0.25, 0.3) is 22.7 Å². The lowest BCUT2D eigenvalue weighted by molar-refractivity contribution is -0.137. The first kappa shape index (κ1) is 22.4. The van der Waals surface area contributed by atoms with Crippen molar-refractivity contribution in [3.05, 3.63) is 84.4 Å². The van der Waals surface area contributed by atoms with Crippen LogP contribution in [0.1, 0.15) is 36.9 Å². The number of aryl methyl sites for hydroxylation is 1. The summed E-state index contributed by atoms with van der Waals surface area (Å²) in [6, 6.07) is 20.1. The van der Waals surface area contributed by atoms with Crippen molar-refractivity contribution >= 4 is 5.97 Å². The molecule has 33 heavy (non-hydrogen) atoms. The number of nitrogens with zero attached hydrogens (tertiary/aromatic N) is 2. The number of benzene rings is 2. The maximum absolute atomic E-state index is 10.6. The van der Waals surface area contributed by atoms with E-state index in [0.717, 1.165) is 52.6 Å². The molecule has 2 aromatic carbocycles. The SMILES string of the molecule is Cc1cnc(-c2ccc(-c3ccco3)cc2)n1Cc1ccccc1OCCCCCC(=O)O. The Morgan fingerprint density at radius 1 is 1.00 bits per heavy atom. The molecule has 0 aliphatic rings. The summed E-state index contributed by atoms with van der Waals surface area (Å²) in [5, 5.41) is 8.75. The third-order valence-corrected chi connectivity index (χ3v) is 5.60. The second-order valence-corrected chi connectivity index (χ2v) is 8.02. The Bertz CT molecular complexity index is 1180. The summed E-state index contributed by atoms with van der Waals surface area (Å²) < 4.78 is 13.7. The lowest BCUT2D eigenvalue weighted by Crippen LogP contribution is -2.07. The van der Waals surface area contributed by atoms with Gasteiger partial charge < -0.3 is 18.8 Å². The zero-order chi connectivity index (χ0) is 23.0. The summed E-state index contributed by atoms with van der Waals surface area (Å²) >= 11 is 0. The van der Waals surface area contributed by atoms with Gasteiger partial charge in [0, 0.05) is 35.0 Å². The molecule has 0 bridgehead atoms. The average Bonchev–Trinajstić information content (AvgIpc) is 3.48. The molecule has 0 atom stereocenters. The number of rotatable bonds is 11. The smallest absolute Gasteiger partial charge is 0.303 e. The lowest BCUT2D eigenvalue weighted by atomic mass is 10.1. The van der Waals surface area contributed by atoms with Crippen molar-refractivity contribution in [3.8, 4) is 28.5 Å². The molecule has 2 aromatic heterocycles. The van der Waals surface area contributed by atoms with Gasteiger partial charge in [0.25, 0.3) is 0 Å². The first-order valence-corrected chi connectivity index (χ1v) is 11.2. The fourth-order valence-electron chi connectivity index (χ4n) is 3.80. The minimum Gasteiger partial charge on any atom is -0.493 e. The Labute approximate surface area is 193 Å². The molecule has 0 unspecified atom stereocenters. The maximum Gasteiger partial charge on any atom is 0.303 e. The predicted molar refractivity (Wildman–Crippen MR) is 127 cm³/mol. The maximum atomic E-state index is 10.6. The second-order valence-electron chi connectivity index (χ2n) is 8.02. The van der Waals surface area contributed by atoms with E-state index in [1.165, 1.54) is 0 Å². The summed E-state index contributed by atoms with van der Waals surface area (Å²) in [4.78, 5) is 15.3. The van der Waals surface area contributed by atoms with Crippen molar-refractivity contribution in [3.63, 3.8) is 0 Å². The van der Waals surface area contributed by atoms with Gasteiger partial charge in [0.2, 0.25) is 0 Å². The Balaban J connectivity index is 1.46. The van der Waals surface area contributed by atoms with Crippen molar-refractivity contribution in [1.29, 1.82) is 0 Å². The third-order valence-electron chi connectivity index (χ3n) is 5.60. The van der Waals surface area contributed by atoms with Gasteiger partial charge in [-0.2, -0.15) is 0 Å². The van der Waals surface area contributed by atoms with Gasteiger partial charge in [-0.15, -0.1) is 0 Å². The normalized spacial score (nSPS) is 10.9. The number of hydrogen-bond acceptors (Lipinski definition) is 4. The minimum atomic E-state index is -0.747. The largest absolute Gasteiger partial charge is 0.493 e. The zero-order valence-corrected chi connectivity index (χ0v) is 18.7. The van der Waals surface area contributed by atoms with E-state index in [1.54, 1.807) is 6.26 Å². The van der Waals surface area contributed by atoms with Gasteiger partial charge in [-0.05, 0) is 44.4 Å². The molecule has 6 nitrogen and oxygen atoms in total. The van der Waals surface area contributed by atoms with Crippen LogP contribution < -0.4 is 4.74 Å². The van der Waals surface area contributed by atoms with Crippen molar-refractivity contribution in [2.75, 3.05) is 6.61 Å². The summed E-state index contributed by atoms with van der Waals surface area (Å²) in [5.41, 5.74) is 4.22. The zero-order valence-electron chi connectivity index (χ0n) is 18.7. The molecule has 0 aliphatic carbocycles. The van der Waals surface area contributed by atoms with E-state index in [2.05, 4.69) is 34.7 Å². The van der Waals surface area contributed by atoms with Crippen LogP contribution in [0, 0.1) is 6.92 Å². The molecule has 0 radical (unpaired) electrons. The van der Waals surface area contributed by atoms with Gasteiger partial charge in [-0.1, -0.05) is 42.5 Å². The van der Waals surface area contributed by atoms with Crippen LogP contribution in [0.3, 0.4) is 0 Å². The van der Waals surface area contributed by atoms with Crippen LogP contribution >= 0.6 is 0 Å². The molecule has 6 heteroatoms. The Hall–Kier alpha value is -3.80. The van der Waals surface area contributed by atoms with E-state index in [0.29, 0.717) is 19.6 Å². The van der Waals surface area contributed by atoms with Crippen LogP contribution in [0.2, 0.25) is 0 Å². The fourth-order valence-corrected chi connectivity index (χ4v) is 3.80. The van der Waals surface area contributed by atoms with Crippen molar-refractivity contribution in [1.82, 2.24) is 9.55 Å². The summed E-state index contributed by atoms with van der Waals surface area (Å²) in [5.74, 6) is 1.85. The monoisotopic (exact) mass is 444 g/mol. The number of furan rings is 1. The summed E-state index contributed by atoms with van der Waals surface area (Å²) in [6.45, 7) is 3.27. The molecular weight excluding hydrogens is 416 g/mol. The average molecular weight is 445 g/mol. The molecule has 4 aromatic rings. The summed E-state index contributed by atoms with van der Waals surface area (Å²) in [6.07, 6.45) is 6.13. The standard InChI is InChI=1S/C27H28N2O4/c1-20-18-28-27(22-14-12-21(13-15-22)24-10-7-17-33-24)29(20)19-23-8-4-5-9-25(23)32-16-6-2-3-11-26(30)31/h4-5,7-10,12-15,17-18H,2-3,6,11,16,19H2,1H3,(H,30,31). The molecule has 0 spiro atoms. The van der Waals surface area contributed by atoms with E-state index < -0.39 is 5.97 Å². The molecule has 1 N–H and O–H groups in total. The van der Waals surface area contributed by atoms with Crippen LogP contribution in [0.5, 0.6) is 5.75 Å². The molecule has 170 valence electrons. The lowest BCUT2D eigenvalue weighted by Gasteiger charge is -2.15. The number of aromatic nitrogens is 2. The van der Waals surface area contributed by atoms with E-state index in [9.17, 15) is 4.79 Å². The molecule has 0 saturated carbocycles. The van der Waals surface area contributed by atoms with Gasteiger partial charge in [0.1, 0.15) is 17.3 Å².